The molecule has 17 heavy (non-hydrogen) atoms. The summed E-state index contributed by atoms with van der Waals surface area (Å²) in [4.78, 5) is 0.521. The highest BCUT2D eigenvalue weighted by Gasteiger charge is 2.38. The number of hydrogen-bond donors (Lipinski definition) is 0. The van der Waals surface area contributed by atoms with Crippen LogP contribution in [0, 0.1) is 11.2 Å². The van der Waals surface area contributed by atoms with E-state index >= 15 is 0 Å². The van der Waals surface area contributed by atoms with E-state index in [1.807, 2.05) is 12.1 Å². The van der Waals surface area contributed by atoms with Crippen LogP contribution in [0.3, 0.4) is 0 Å². The Morgan fingerprint density at radius 1 is 1.24 bits per heavy atom. The van der Waals surface area contributed by atoms with Gasteiger partial charge in [-0.1, -0.05) is 47.8 Å². The summed E-state index contributed by atoms with van der Waals surface area (Å²) in [6, 6.07) is 6.93. The first kappa shape index (κ1) is 13.1. The van der Waals surface area contributed by atoms with E-state index in [4.69, 9.17) is 0 Å². The molecule has 0 radical (unpaired) electrons. The van der Waals surface area contributed by atoms with Crippen molar-refractivity contribution in [2.24, 2.45) is 5.41 Å². The largest absolute Gasteiger partial charge is 0.207 e. The summed E-state index contributed by atoms with van der Waals surface area (Å²) in [5.74, 6) is -0.147. The summed E-state index contributed by atoms with van der Waals surface area (Å²) in [6.07, 6.45) is 7.64. The molecule has 1 atom stereocenters. The molecule has 0 N–H and O–H groups in total. The van der Waals surface area contributed by atoms with Crippen molar-refractivity contribution in [3.05, 3.63) is 35.6 Å². The Hall–Kier alpha value is -0.370. The van der Waals surface area contributed by atoms with Crippen LogP contribution in [0.1, 0.15) is 44.6 Å². The molecule has 0 amide bonds. The Morgan fingerprint density at radius 2 is 1.82 bits per heavy atom. The van der Waals surface area contributed by atoms with E-state index in [1.165, 1.54) is 37.7 Å². The SMILES string of the molecule is CCC1(C(Br)Cc2ccc(F)cc2)CCCC1. The molecule has 0 spiro atoms. The zero-order valence-electron chi connectivity index (χ0n) is 10.4. The van der Waals surface area contributed by atoms with Gasteiger partial charge in [-0.15, -0.1) is 0 Å². The molecular formula is C15H20BrF. The van der Waals surface area contributed by atoms with E-state index in [0.717, 1.165) is 6.42 Å². The molecule has 0 aliphatic heterocycles. The molecule has 0 heterocycles. The molecule has 94 valence electrons. The van der Waals surface area contributed by atoms with E-state index in [2.05, 4.69) is 22.9 Å². The van der Waals surface area contributed by atoms with E-state index in [-0.39, 0.29) is 5.82 Å². The normalized spacial score (nSPS) is 20.4. The van der Waals surface area contributed by atoms with Crippen LogP contribution in [-0.2, 0) is 6.42 Å². The third-order valence-electron chi connectivity index (χ3n) is 4.30. The summed E-state index contributed by atoms with van der Waals surface area (Å²) in [7, 11) is 0. The molecule has 1 fully saturated rings. The Bertz CT molecular complexity index is 352. The molecule has 1 saturated carbocycles. The van der Waals surface area contributed by atoms with Crippen molar-refractivity contribution in [3.8, 4) is 0 Å². The monoisotopic (exact) mass is 298 g/mol. The van der Waals surface area contributed by atoms with Crippen molar-refractivity contribution in [1.29, 1.82) is 0 Å². The van der Waals surface area contributed by atoms with Crippen LogP contribution in [-0.4, -0.2) is 4.83 Å². The lowest BCUT2D eigenvalue weighted by molar-refractivity contribution is 0.275. The fourth-order valence-corrected chi connectivity index (χ4v) is 4.17. The lowest BCUT2D eigenvalue weighted by Crippen LogP contribution is -2.29. The topological polar surface area (TPSA) is 0 Å². The Balaban J connectivity index is 2.05. The number of rotatable bonds is 4. The first-order chi connectivity index (χ1) is 8.16. The average Bonchev–Trinajstić information content (AvgIpc) is 2.82. The van der Waals surface area contributed by atoms with E-state index in [0.29, 0.717) is 10.2 Å². The minimum absolute atomic E-state index is 0.147. The summed E-state index contributed by atoms with van der Waals surface area (Å²) in [5, 5.41) is 0. The third kappa shape index (κ3) is 2.90. The van der Waals surface area contributed by atoms with E-state index in [9.17, 15) is 4.39 Å². The standard InChI is InChI=1S/C15H20BrF/c1-2-15(9-3-4-10-15)14(16)11-12-5-7-13(17)8-6-12/h5-8,14H,2-4,9-11H2,1H3. The maximum absolute atomic E-state index is 12.9. The van der Waals surface area contributed by atoms with Gasteiger partial charge in [0.15, 0.2) is 0 Å². The van der Waals surface area contributed by atoms with Gasteiger partial charge in [-0.05, 0) is 48.8 Å². The fraction of sp³-hybridized carbons (Fsp3) is 0.600. The lowest BCUT2D eigenvalue weighted by atomic mass is 9.78. The lowest BCUT2D eigenvalue weighted by Gasteiger charge is -2.33. The van der Waals surface area contributed by atoms with Crippen LogP contribution in [0.25, 0.3) is 0 Å². The van der Waals surface area contributed by atoms with Crippen LogP contribution in [0.5, 0.6) is 0 Å². The van der Waals surface area contributed by atoms with Crippen molar-refractivity contribution in [2.45, 2.75) is 50.3 Å². The summed E-state index contributed by atoms with van der Waals surface area (Å²) < 4.78 is 12.9. The molecule has 0 bridgehead atoms. The maximum Gasteiger partial charge on any atom is 0.123 e. The molecule has 1 aromatic rings. The van der Waals surface area contributed by atoms with Gasteiger partial charge in [-0.3, -0.25) is 0 Å². The van der Waals surface area contributed by atoms with Crippen LogP contribution >= 0.6 is 15.9 Å². The quantitative estimate of drug-likeness (QED) is 0.678. The fourth-order valence-electron chi connectivity index (χ4n) is 3.01. The van der Waals surface area contributed by atoms with Gasteiger partial charge in [-0.25, -0.2) is 4.39 Å². The Kier molecular flexibility index (Phi) is 4.24. The van der Waals surface area contributed by atoms with Crippen LogP contribution in [0.2, 0.25) is 0 Å². The van der Waals surface area contributed by atoms with Gasteiger partial charge >= 0.3 is 0 Å². The maximum atomic E-state index is 12.9. The van der Waals surface area contributed by atoms with Crippen LogP contribution in [0.4, 0.5) is 4.39 Å². The highest BCUT2D eigenvalue weighted by Crippen LogP contribution is 2.47. The first-order valence-corrected chi connectivity index (χ1v) is 7.46. The average molecular weight is 299 g/mol. The number of halogens is 2. The molecule has 1 aliphatic rings. The zero-order chi connectivity index (χ0) is 12.3. The number of alkyl halides is 1. The Morgan fingerprint density at radius 3 is 2.35 bits per heavy atom. The predicted octanol–water partition coefficient (Wildman–Crippen LogP) is 5.10. The molecular weight excluding hydrogens is 279 g/mol. The summed E-state index contributed by atoms with van der Waals surface area (Å²) in [6.45, 7) is 2.30. The smallest absolute Gasteiger partial charge is 0.123 e. The second-order valence-corrected chi connectivity index (χ2v) is 6.33. The molecule has 1 aromatic carbocycles. The van der Waals surface area contributed by atoms with Gasteiger partial charge in [0.1, 0.15) is 5.82 Å². The zero-order valence-corrected chi connectivity index (χ0v) is 12.0. The second kappa shape index (κ2) is 5.51. The van der Waals surface area contributed by atoms with E-state index in [1.54, 1.807) is 12.1 Å². The summed E-state index contributed by atoms with van der Waals surface area (Å²) in [5.41, 5.74) is 1.70. The van der Waals surface area contributed by atoms with Gasteiger partial charge in [0.25, 0.3) is 0 Å². The predicted molar refractivity (Wildman–Crippen MR) is 74.0 cm³/mol. The van der Waals surface area contributed by atoms with Crippen LogP contribution < -0.4 is 0 Å². The minimum atomic E-state index is -0.147. The summed E-state index contributed by atoms with van der Waals surface area (Å²) >= 11 is 3.88. The van der Waals surface area contributed by atoms with Crippen molar-refractivity contribution in [2.75, 3.05) is 0 Å². The molecule has 2 heteroatoms. The van der Waals surface area contributed by atoms with Gasteiger partial charge in [-0.2, -0.15) is 0 Å². The minimum Gasteiger partial charge on any atom is -0.207 e. The molecule has 0 aromatic heterocycles. The molecule has 0 saturated heterocycles. The van der Waals surface area contributed by atoms with Gasteiger partial charge in [0, 0.05) is 4.83 Å². The van der Waals surface area contributed by atoms with Gasteiger partial charge < -0.3 is 0 Å². The van der Waals surface area contributed by atoms with Crippen molar-refractivity contribution in [1.82, 2.24) is 0 Å². The van der Waals surface area contributed by atoms with Crippen LogP contribution in [0.15, 0.2) is 24.3 Å². The third-order valence-corrected chi connectivity index (χ3v) is 5.59. The molecule has 1 unspecified atom stereocenters. The second-order valence-electron chi connectivity index (χ2n) is 5.22. The van der Waals surface area contributed by atoms with Gasteiger partial charge in [0.2, 0.25) is 0 Å². The molecule has 2 rings (SSSR count). The van der Waals surface area contributed by atoms with Crippen molar-refractivity contribution >= 4 is 15.9 Å². The Labute approximate surface area is 112 Å². The number of benzene rings is 1. The first-order valence-electron chi connectivity index (χ1n) is 6.55. The van der Waals surface area contributed by atoms with Gasteiger partial charge in [0.05, 0.1) is 0 Å². The highest BCUT2D eigenvalue weighted by molar-refractivity contribution is 9.09. The van der Waals surface area contributed by atoms with E-state index < -0.39 is 0 Å². The number of hydrogen-bond acceptors (Lipinski definition) is 0. The van der Waals surface area contributed by atoms with Crippen molar-refractivity contribution in [3.63, 3.8) is 0 Å². The highest BCUT2D eigenvalue weighted by atomic mass is 79.9. The molecule has 0 nitrogen and oxygen atoms in total. The molecule has 1 aliphatic carbocycles. The van der Waals surface area contributed by atoms with Crippen molar-refractivity contribution < 1.29 is 4.39 Å².